The van der Waals surface area contributed by atoms with Crippen LogP contribution in [0.2, 0.25) is 0 Å². The lowest BCUT2D eigenvalue weighted by atomic mass is 9.89. The largest absolute Gasteiger partial charge is 0.369 e. The maximum atomic E-state index is 12.0. The molecular weight excluding hydrogens is 1600 g/mol. The highest BCUT2D eigenvalue weighted by Crippen LogP contribution is 2.41. The van der Waals surface area contributed by atoms with Crippen LogP contribution in [0.15, 0.2) is 243 Å². The minimum Gasteiger partial charge on any atom is -0.369 e. The summed E-state index contributed by atoms with van der Waals surface area (Å²) in [5, 5.41) is 72.2. The van der Waals surface area contributed by atoms with Gasteiger partial charge >= 0.3 is 0 Å². The monoisotopic (exact) mass is 1700 g/mol. The maximum Gasteiger partial charge on any atom is 0.271 e. The number of fused-ring (bicyclic) bond motifs is 5. The molecule has 2 fully saturated rings. The Morgan fingerprint density at radius 1 is 0.413 bits per heavy atom. The summed E-state index contributed by atoms with van der Waals surface area (Å²) >= 11 is 0. The number of hydrogen-bond donors (Lipinski definition) is 17. The van der Waals surface area contributed by atoms with Gasteiger partial charge in [-0.05, 0) is 195 Å². The highest BCUT2D eigenvalue weighted by atomic mass is 16.6. The van der Waals surface area contributed by atoms with Gasteiger partial charge in [-0.2, -0.15) is 20.4 Å². The SMILES string of the molecule is O=C(CC(=O)Nc1ccccc1)Cc1ccc2c(=O)[nH][nH]c2c1.O=C(CC(=O)Nc1nccnn1)Cc1ccc2c(=O)[nH][nH]c2c1.O=c1[nH][nH]c2cc(CC(CCNc3cc(C4CC4)[nH]n3)Cc3ccccc3)ccc12.O=c1[nH][nH]c2cc(CCCC(Nc3cc(C4CC4)[nH]n3)c3ccccc3)ccc12.O=c1[nH][nH]c2cc(CCCONc3nccnn3)ccc12. The molecule has 0 spiro atoms. The minimum atomic E-state index is -0.501. The van der Waals surface area contributed by atoms with Crippen LogP contribution in [0.25, 0.3) is 54.5 Å². The standard InChI is InChI=1S/C24H27N5O.C23H25N5O.C17H15N3O3.C14H12N6O3.C13H14N6O2/c30-24-20-9-6-17(14-22(20)27-29-24)13-18(12-16-4-2-1-3-5-16)10-11-25-23-15-21(26-28-23)19-7-8-19;29-23-18-12-9-15(13-21(18)26-28-23)5-4-8-19(16-6-2-1-3-7-16)24-22-14-20(25-27-22)17-10-11-17;21-13(10-16(22)18-12-4-2-1-3-5-12)8-11-6-7-14-15(9-11)19-20-17(14)23;21-9(7-12(22)17-14-15-3-4-16-20-14)5-8-1-2-10-11(6-8)18-19-13(10)23;20-12-10-4-3-9(8-11(10)16-17-12)2-1-7-21-19-13-14-5-6-15-18-13/h1-6,9,14-15,18-19H,7-8,10-13H2,(H2,25,26,28)(H2,27,29,30);1-3,6-7,9,12-14,17,19H,4-5,8,10-11H2,(H2,24,25,27)(H2,26,28,29);1-7,9H,8,10H2,(H,18,22)(H2,19,20,23);1-4,6H,5,7H2,(H2,18,19,23)(H,15,17,20,22);3-6,8H,1-2,7H2,(H,14,18,19)(H2,16,17,20). The molecule has 2 aliphatic carbocycles. The average Bonchev–Trinajstić information content (AvgIpc) is 1.70. The highest BCUT2D eigenvalue weighted by molar-refractivity contribution is 6.05. The van der Waals surface area contributed by atoms with E-state index in [1.807, 2.05) is 60.7 Å². The van der Waals surface area contributed by atoms with Crippen LogP contribution in [0, 0.1) is 5.92 Å². The Hall–Kier alpha value is -15.8. The quantitative estimate of drug-likeness (QED) is 0.0103. The molecule has 642 valence electrons. The summed E-state index contributed by atoms with van der Waals surface area (Å²) in [6.45, 7) is 1.40. The predicted molar refractivity (Wildman–Crippen MR) is 480 cm³/mol. The van der Waals surface area contributed by atoms with Crippen molar-refractivity contribution in [2.45, 2.75) is 121 Å². The smallest absolute Gasteiger partial charge is 0.271 e. The van der Waals surface area contributed by atoms with Gasteiger partial charge in [0.15, 0.2) is 0 Å². The van der Waals surface area contributed by atoms with Crippen molar-refractivity contribution in [2.24, 2.45) is 5.92 Å². The lowest BCUT2D eigenvalue weighted by Crippen LogP contribution is -2.19. The van der Waals surface area contributed by atoms with Crippen molar-refractivity contribution in [1.29, 1.82) is 0 Å². The van der Waals surface area contributed by atoms with Crippen molar-refractivity contribution >= 4 is 107 Å². The Morgan fingerprint density at radius 3 is 1.34 bits per heavy atom. The topological polar surface area (TPSA) is 516 Å². The molecule has 9 heterocycles. The molecule has 35 heteroatoms. The van der Waals surface area contributed by atoms with Crippen LogP contribution >= 0.6 is 0 Å². The highest BCUT2D eigenvalue weighted by Gasteiger charge is 2.27. The molecule has 35 nitrogen and oxygen atoms in total. The summed E-state index contributed by atoms with van der Waals surface area (Å²) in [6.07, 6.45) is 18.3. The fourth-order valence-corrected chi connectivity index (χ4v) is 14.7. The first-order valence-electron chi connectivity index (χ1n) is 41.6. The van der Waals surface area contributed by atoms with E-state index in [1.165, 1.54) is 84.1 Å². The summed E-state index contributed by atoms with van der Waals surface area (Å²) in [4.78, 5) is 118. The van der Waals surface area contributed by atoms with Gasteiger partial charge in [0, 0.05) is 60.4 Å². The first-order valence-corrected chi connectivity index (χ1v) is 41.6. The van der Waals surface area contributed by atoms with E-state index in [0.29, 0.717) is 79.5 Å². The summed E-state index contributed by atoms with van der Waals surface area (Å²) in [7, 11) is 0. The number of ketones is 2. The molecule has 2 saturated carbocycles. The van der Waals surface area contributed by atoms with Gasteiger partial charge in [-0.1, -0.05) is 109 Å². The lowest BCUT2D eigenvalue weighted by molar-refractivity contribution is -0.126. The molecule has 17 N–H and O–H groups in total. The third kappa shape index (κ3) is 24.3. The van der Waals surface area contributed by atoms with E-state index in [0.717, 1.165) is 97.2 Å². The van der Waals surface area contributed by atoms with Gasteiger partial charge in [0.05, 0.1) is 105 Å². The number of para-hydroxylation sites is 1. The molecule has 0 saturated heterocycles. The number of rotatable bonds is 33. The number of anilines is 5. The van der Waals surface area contributed by atoms with Gasteiger partial charge in [0.25, 0.3) is 33.7 Å². The molecule has 0 radical (unpaired) electrons. The van der Waals surface area contributed by atoms with E-state index >= 15 is 0 Å². The van der Waals surface area contributed by atoms with Gasteiger partial charge < -0.3 is 16.0 Å². The zero-order chi connectivity index (χ0) is 86.9. The molecule has 2 amide bonds. The van der Waals surface area contributed by atoms with Crippen LogP contribution in [0.1, 0.15) is 132 Å². The normalized spacial score (nSPS) is 12.6. The summed E-state index contributed by atoms with van der Waals surface area (Å²) < 4.78 is 0. The number of carbonyl (C=O) groups excluding carboxylic acids is 4. The van der Waals surface area contributed by atoms with Gasteiger partial charge in [-0.25, -0.2) is 15.4 Å². The van der Waals surface area contributed by atoms with Gasteiger partial charge in [0.1, 0.15) is 23.2 Å². The number of hydrogen-bond acceptors (Lipinski definition) is 21. The zero-order valence-electron chi connectivity index (χ0n) is 68.5. The number of benzene rings is 8. The third-order valence-corrected chi connectivity index (χ3v) is 21.3. The second-order valence-corrected chi connectivity index (χ2v) is 31.0. The molecular formula is C91H93N25O10. The molecule has 126 heavy (non-hydrogen) atoms. The van der Waals surface area contributed by atoms with Crippen LogP contribution in [0.4, 0.5) is 29.2 Å². The molecule has 0 aliphatic heterocycles. The van der Waals surface area contributed by atoms with Gasteiger partial charge in [-0.15, -0.1) is 10.2 Å². The number of aromatic amines is 12. The van der Waals surface area contributed by atoms with E-state index in [2.05, 4.69) is 213 Å². The van der Waals surface area contributed by atoms with E-state index in [1.54, 1.807) is 48.5 Å². The Morgan fingerprint density at radius 2 is 0.841 bits per heavy atom. The zero-order valence-corrected chi connectivity index (χ0v) is 68.5. The second-order valence-electron chi connectivity index (χ2n) is 31.0. The first kappa shape index (κ1) is 85.2. The van der Waals surface area contributed by atoms with Crippen molar-refractivity contribution in [3.8, 4) is 0 Å². The minimum absolute atomic E-state index is 0.0524. The van der Waals surface area contributed by atoms with Gasteiger partial charge in [-0.3, -0.25) is 114 Å². The van der Waals surface area contributed by atoms with Crippen LogP contribution in [-0.4, -0.2) is 138 Å². The number of nitrogens with one attached hydrogen (secondary N) is 17. The molecule has 2 aliphatic rings. The van der Waals surface area contributed by atoms with Crippen molar-refractivity contribution < 1.29 is 24.0 Å². The Bertz CT molecular complexity index is 6640. The summed E-state index contributed by atoms with van der Waals surface area (Å²) in [6, 6.07) is 62.7. The van der Waals surface area contributed by atoms with Crippen LogP contribution in [-0.2, 0) is 62.5 Å². The second kappa shape index (κ2) is 41.6. The molecule has 2 unspecified atom stereocenters. The Balaban J connectivity index is 0.000000122. The number of aryl methyl sites for hydroxylation is 2. The number of Topliss-reactive ketones (excluding diaryl/α,β-unsaturated/α-hetero) is 2. The van der Waals surface area contributed by atoms with Crippen molar-refractivity contribution in [1.82, 2.24) is 102 Å². The van der Waals surface area contributed by atoms with Gasteiger partial charge in [0.2, 0.25) is 17.8 Å². The summed E-state index contributed by atoms with van der Waals surface area (Å²) in [5.74, 6) is 2.83. The molecule has 2 atom stereocenters. The van der Waals surface area contributed by atoms with Crippen LogP contribution in [0.3, 0.4) is 0 Å². The van der Waals surface area contributed by atoms with Crippen molar-refractivity contribution in [3.63, 3.8) is 0 Å². The predicted octanol–water partition coefficient (Wildman–Crippen LogP) is 12.2. The molecule has 0 bridgehead atoms. The fraction of sp³-hybridized carbons (Fsp3) is 0.242. The van der Waals surface area contributed by atoms with Crippen molar-refractivity contribution in [2.75, 3.05) is 39.9 Å². The number of carbonyl (C=O) groups is 4. The van der Waals surface area contributed by atoms with E-state index < -0.39 is 5.91 Å². The van der Waals surface area contributed by atoms with E-state index in [-0.39, 0.29) is 82.9 Å². The average molecular weight is 1700 g/mol. The number of H-pyrrole nitrogens is 12. The lowest BCUT2D eigenvalue weighted by Gasteiger charge is -2.19. The van der Waals surface area contributed by atoms with Crippen LogP contribution < -0.4 is 54.5 Å². The molecule has 19 rings (SSSR count). The maximum absolute atomic E-state index is 12.0. The molecule has 17 aromatic rings. The molecule has 9 aromatic heterocycles. The first-order chi connectivity index (χ1) is 61.6. The Labute approximate surface area is 716 Å². The number of amides is 2. The van der Waals surface area contributed by atoms with E-state index in [4.69, 9.17) is 4.84 Å². The summed E-state index contributed by atoms with van der Waals surface area (Å²) in [5.41, 5.74) is 16.7. The van der Waals surface area contributed by atoms with E-state index in [9.17, 15) is 43.2 Å². The number of nitrogens with zero attached hydrogens (tertiary/aromatic N) is 8. The van der Waals surface area contributed by atoms with Crippen LogP contribution in [0.5, 0.6) is 0 Å². The molecule has 8 aromatic carbocycles. The fourth-order valence-electron chi connectivity index (χ4n) is 14.7. The number of aromatic nitrogens is 20. The van der Waals surface area contributed by atoms with Crippen molar-refractivity contribution in [3.05, 3.63) is 321 Å². The third-order valence-electron chi connectivity index (χ3n) is 21.3. The Kier molecular flexibility index (Phi) is 28.2.